The number of benzene rings is 4. The fourth-order valence-electron chi connectivity index (χ4n) is 6.03. The quantitative estimate of drug-likeness (QED) is 0.172. The number of hydrogen-bond donors (Lipinski definition) is 2. The van der Waals surface area contributed by atoms with Gasteiger partial charge in [0, 0.05) is 0 Å². The van der Waals surface area contributed by atoms with Crippen LogP contribution in [-0.4, -0.2) is 55.5 Å². The van der Waals surface area contributed by atoms with Crippen molar-refractivity contribution in [2.24, 2.45) is 0 Å². The molecule has 1 aliphatic heterocycles. The molecule has 1 aliphatic rings. The number of anilines is 1. The third-order valence-corrected chi connectivity index (χ3v) is 8.23. The van der Waals surface area contributed by atoms with Gasteiger partial charge >= 0.3 is 5.97 Å². The highest BCUT2D eigenvalue weighted by molar-refractivity contribution is 5.89. The van der Waals surface area contributed by atoms with Crippen molar-refractivity contribution in [1.82, 2.24) is 19.5 Å². The minimum Gasteiger partial charge on any atom is -0.453 e. The van der Waals surface area contributed by atoms with Crippen molar-refractivity contribution < 1.29 is 24.1 Å². The number of hydrogen-bond acceptors (Lipinski definition) is 9. The van der Waals surface area contributed by atoms with E-state index in [1.54, 1.807) is 28.8 Å². The molecule has 10 heteroatoms. The monoisotopic (exact) mass is 613 g/mol. The van der Waals surface area contributed by atoms with Gasteiger partial charge in [-0.3, -0.25) is 4.57 Å². The van der Waals surface area contributed by atoms with Crippen molar-refractivity contribution in [2.45, 2.75) is 30.1 Å². The first-order valence-corrected chi connectivity index (χ1v) is 14.9. The second-order valence-corrected chi connectivity index (χ2v) is 11.0. The summed E-state index contributed by atoms with van der Waals surface area (Å²) in [4.78, 5) is 26.0. The lowest BCUT2D eigenvalue weighted by molar-refractivity contribution is -0.0960. The van der Waals surface area contributed by atoms with Gasteiger partial charge in [-0.2, -0.15) is 0 Å². The number of rotatable bonds is 9. The number of aromatic nitrogens is 4. The standard InChI is InChI=1S/C36H31N5O5/c37-32-29-33(39-22-38-32)41(23-40-29)34-30(42)31(46-35(43)24-13-5-1-6-14-24)28(45-34)21-44-36(25-15-7-2-8-16-25,26-17-9-3-10-18-26)27-19-11-4-12-20-27/h1-20,22-23,28,30-31,34,42H,21H2,(H2,37,38,39)/t28-,30-,31-,34-/m1/s1. The summed E-state index contributed by atoms with van der Waals surface area (Å²) in [6.45, 7) is -0.0528. The Morgan fingerprint density at radius 2 is 1.35 bits per heavy atom. The summed E-state index contributed by atoms with van der Waals surface area (Å²) in [6, 6.07) is 38.4. The molecule has 0 aliphatic carbocycles. The van der Waals surface area contributed by atoms with Crippen LogP contribution in [0.1, 0.15) is 33.3 Å². The van der Waals surface area contributed by atoms with Gasteiger partial charge in [0.15, 0.2) is 23.8 Å². The molecule has 0 spiro atoms. The zero-order valence-corrected chi connectivity index (χ0v) is 24.7. The number of carbonyl (C=O) groups is 1. The molecule has 1 saturated heterocycles. The number of aliphatic hydroxyl groups is 1. The Labute approximate surface area is 265 Å². The number of nitrogen functional groups attached to an aromatic ring is 1. The second-order valence-electron chi connectivity index (χ2n) is 11.0. The second kappa shape index (κ2) is 12.5. The summed E-state index contributed by atoms with van der Waals surface area (Å²) in [5.74, 6) is -0.400. The van der Waals surface area contributed by atoms with E-state index in [9.17, 15) is 9.90 Å². The van der Waals surface area contributed by atoms with E-state index in [1.807, 2.05) is 97.1 Å². The summed E-state index contributed by atoms with van der Waals surface area (Å²) in [5, 5.41) is 11.7. The number of aliphatic hydroxyl groups excluding tert-OH is 1. The van der Waals surface area contributed by atoms with Crippen molar-refractivity contribution in [3.63, 3.8) is 0 Å². The molecular formula is C36H31N5O5. The Hall–Kier alpha value is -5.42. The van der Waals surface area contributed by atoms with E-state index in [0.717, 1.165) is 16.7 Å². The predicted octanol–water partition coefficient (Wildman–Crippen LogP) is 4.90. The third kappa shape index (κ3) is 5.28. The van der Waals surface area contributed by atoms with Crippen molar-refractivity contribution in [1.29, 1.82) is 0 Å². The largest absolute Gasteiger partial charge is 0.453 e. The van der Waals surface area contributed by atoms with E-state index < -0.39 is 36.1 Å². The van der Waals surface area contributed by atoms with Crippen LogP contribution in [-0.2, 0) is 19.8 Å². The summed E-state index contributed by atoms with van der Waals surface area (Å²) in [7, 11) is 0. The lowest BCUT2D eigenvalue weighted by Crippen LogP contribution is -2.41. The minimum atomic E-state index is -1.30. The van der Waals surface area contributed by atoms with Crippen LogP contribution in [0.5, 0.6) is 0 Å². The number of nitrogens with two attached hydrogens (primary N) is 1. The van der Waals surface area contributed by atoms with Gasteiger partial charge in [0.2, 0.25) is 0 Å². The first-order chi connectivity index (χ1) is 22.6. The molecule has 0 bridgehead atoms. The lowest BCUT2D eigenvalue weighted by atomic mass is 9.80. The van der Waals surface area contributed by atoms with Gasteiger partial charge in [-0.05, 0) is 28.8 Å². The van der Waals surface area contributed by atoms with Crippen molar-refractivity contribution in [3.05, 3.63) is 156 Å². The molecule has 1 fully saturated rings. The average Bonchev–Trinajstić information content (AvgIpc) is 3.68. The average molecular weight is 614 g/mol. The molecule has 0 radical (unpaired) electrons. The van der Waals surface area contributed by atoms with Gasteiger partial charge in [-0.25, -0.2) is 19.7 Å². The van der Waals surface area contributed by atoms with Gasteiger partial charge in [0.25, 0.3) is 0 Å². The maximum Gasteiger partial charge on any atom is 0.338 e. The Morgan fingerprint density at radius 1 is 0.804 bits per heavy atom. The highest BCUT2D eigenvalue weighted by Crippen LogP contribution is 2.42. The van der Waals surface area contributed by atoms with E-state index in [1.165, 1.54) is 12.7 Å². The molecule has 46 heavy (non-hydrogen) atoms. The molecule has 4 aromatic carbocycles. The zero-order chi connectivity index (χ0) is 31.5. The first kappa shape index (κ1) is 29.3. The molecule has 3 heterocycles. The van der Waals surface area contributed by atoms with Crippen molar-refractivity contribution in [3.8, 4) is 0 Å². The maximum atomic E-state index is 13.3. The van der Waals surface area contributed by atoms with Crippen LogP contribution in [0.15, 0.2) is 134 Å². The van der Waals surface area contributed by atoms with E-state index in [-0.39, 0.29) is 12.4 Å². The smallest absolute Gasteiger partial charge is 0.338 e. The molecule has 10 nitrogen and oxygen atoms in total. The molecule has 230 valence electrons. The van der Waals surface area contributed by atoms with E-state index in [2.05, 4.69) is 15.0 Å². The number of nitrogens with zero attached hydrogens (tertiary/aromatic N) is 4. The SMILES string of the molecule is Nc1ncnc2c1ncn2[C@@H]1O[C@H](COC(c2ccccc2)(c2ccccc2)c2ccccc2)[C@@H](OC(=O)c2ccccc2)[C@H]1O. The molecule has 0 amide bonds. The zero-order valence-electron chi connectivity index (χ0n) is 24.7. The number of imidazole rings is 1. The molecule has 4 atom stereocenters. The number of ether oxygens (including phenoxy) is 3. The fraction of sp³-hybridized carbons (Fsp3) is 0.167. The summed E-state index contributed by atoms with van der Waals surface area (Å²) >= 11 is 0. The molecule has 3 N–H and O–H groups in total. The van der Waals surface area contributed by atoms with Crippen molar-refractivity contribution in [2.75, 3.05) is 12.3 Å². The van der Waals surface area contributed by atoms with Crippen LogP contribution in [0, 0.1) is 0 Å². The van der Waals surface area contributed by atoms with Gasteiger partial charge < -0.3 is 25.1 Å². The molecule has 7 rings (SSSR count). The Morgan fingerprint density at radius 3 is 1.91 bits per heavy atom. The van der Waals surface area contributed by atoms with Gasteiger partial charge in [-0.15, -0.1) is 0 Å². The lowest BCUT2D eigenvalue weighted by Gasteiger charge is -2.37. The summed E-state index contributed by atoms with van der Waals surface area (Å²) < 4.78 is 21.1. The summed E-state index contributed by atoms with van der Waals surface area (Å²) in [5.41, 5.74) is 8.74. The Bertz CT molecular complexity index is 1830. The predicted molar refractivity (Wildman–Crippen MR) is 170 cm³/mol. The van der Waals surface area contributed by atoms with E-state index >= 15 is 0 Å². The molecule has 0 saturated carbocycles. The summed E-state index contributed by atoms with van der Waals surface area (Å²) in [6.07, 6.45) is -1.51. The van der Waals surface area contributed by atoms with E-state index in [0.29, 0.717) is 16.7 Å². The third-order valence-electron chi connectivity index (χ3n) is 8.23. The van der Waals surface area contributed by atoms with Crippen LogP contribution in [0.3, 0.4) is 0 Å². The van der Waals surface area contributed by atoms with Crippen LogP contribution >= 0.6 is 0 Å². The Kier molecular flexibility index (Phi) is 7.98. The maximum absolute atomic E-state index is 13.3. The number of esters is 1. The Balaban J connectivity index is 1.29. The van der Waals surface area contributed by atoms with Crippen LogP contribution in [0.2, 0.25) is 0 Å². The van der Waals surface area contributed by atoms with Gasteiger partial charge in [-0.1, -0.05) is 109 Å². The highest BCUT2D eigenvalue weighted by Gasteiger charge is 2.49. The van der Waals surface area contributed by atoms with Crippen molar-refractivity contribution >= 4 is 23.0 Å². The number of carbonyl (C=O) groups excluding carboxylic acids is 1. The minimum absolute atomic E-state index is 0.0528. The van der Waals surface area contributed by atoms with Crippen LogP contribution in [0.25, 0.3) is 11.2 Å². The van der Waals surface area contributed by atoms with Crippen LogP contribution in [0.4, 0.5) is 5.82 Å². The molecule has 0 unspecified atom stereocenters. The van der Waals surface area contributed by atoms with Gasteiger partial charge in [0.1, 0.15) is 29.7 Å². The number of fused-ring (bicyclic) bond motifs is 1. The molecule has 2 aromatic heterocycles. The topological polar surface area (TPSA) is 135 Å². The first-order valence-electron chi connectivity index (χ1n) is 14.9. The fourth-order valence-corrected chi connectivity index (χ4v) is 6.03. The highest BCUT2D eigenvalue weighted by atomic mass is 16.6. The van der Waals surface area contributed by atoms with Gasteiger partial charge in [0.05, 0.1) is 18.5 Å². The van der Waals surface area contributed by atoms with E-state index in [4.69, 9.17) is 19.9 Å². The van der Waals surface area contributed by atoms with Crippen LogP contribution < -0.4 is 5.73 Å². The normalized spacial score (nSPS) is 19.7. The molecular weight excluding hydrogens is 582 g/mol. The molecule has 6 aromatic rings.